The smallest absolute Gasteiger partial charge is 0.245 e. The first kappa shape index (κ1) is 16.2. The molecule has 7 nitrogen and oxygen atoms in total. The maximum Gasteiger partial charge on any atom is 0.245 e. The Morgan fingerprint density at radius 3 is 3.13 bits per heavy atom. The van der Waals surface area contributed by atoms with Crippen molar-refractivity contribution in [1.82, 2.24) is 19.5 Å². The number of hydrogen-bond acceptors (Lipinski definition) is 5. The van der Waals surface area contributed by atoms with Crippen LogP contribution in [0.2, 0.25) is 0 Å². The molecule has 3 rings (SSSR count). The number of anilines is 1. The SMILES string of the molecule is C=CC(=O)N1CCC(C(OC)c2cc(I)c3c(N)ncnn23)C1. The molecule has 0 aromatic carbocycles. The minimum absolute atomic E-state index is 0.0384. The van der Waals surface area contributed by atoms with E-state index in [4.69, 9.17) is 10.5 Å². The third-order valence-electron chi connectivity index (χ3n) is 4.25. The minimum atomic E-state index is -0.164. The summed E-state index contributed by atoms with van der Waals surface area (Å²) in [5.41, 5.74) is 7.69. The lowest BCUT2D eigenvalue weighted by Crippen LogP contribution is -2.28. The molecule has 2 N–H and O–H groups in total. The molecule has 2 atom stereocenters. The highest BCUT2D eigenvalue weighted by atomic mass is 127. The third kappa shape index (κ3) is 2.80. The predicted octanol–water partition coefficient (Wildman–Crippen LogP) is 1.64. The Labute approximate surface area is 147 Å². The van der Waals surface area contributed by atoms with Gasteiger partial charge in [0.2, 0.25) is 5.91 Å². The molecular formula is C15H18IN5O2. The van der Waals surface area contributed by atoms with Crippen LogP contribution >= 0.6 is 22.6 Å². The molecule has 2 unspecified atom stereocenters. The van der Waals surface area contributed by atoms with Crippen molar-refractivity contribution in [2.75, 3.05) is 25.9 Å². The summed E-state index contributed by atoms with van der Waals surface area (Å²) in [6.45, 7) is 4.91. The normalized spacial score (nSPS) is 19.2. The van der Waals surface area contributed by atoms with Crippen LogP contribution in [0.1, 0.15) is 18.2 Å². The zero-order valence-corrected chi connectivity index (χ0v) is 14.9. The Bertz CT molecular complexity index is 760. The van der Waals surface area contributed by atoms with Gasteiger partial charge in [-0.15, -0.1) is 0 Å². The molecule has 2 aromatic heterocycles. The standard InChI is InChI=1S/C15H18IN5O2/c1-3-12(22)20-5-4-9(7-20)14(23-2)11-6-10(16)13-15(17)18-8-19-21(11)13/h3,6,8-9,14H,1,4-5,7H2,2H3,(H2,17,18,19). The molecule has 0 bridgehead atoms. The van der Waals surface area contributed by atoms with Crippen LogP contribution in [0, 0.1) is 9.49 Å². The summed E-state index contributed by atoms with van der Waals surface area (Å²) in [5, 5.41) is 4.32. The maximum atomic E-state index is 11.8. The second kappa shape index (κ2) is 6.44. The fourth-order valence-electron chi connectivity index (χ4n) is 3.17. The molecule has 1 saturated heterocycles. The van der Waals surface area contributed by atoms with Crippen LogP contribution in [-0.4, -0.2) is 45.6 Å². The number of amides is 1. The van der Waals surface area contributed by atoms with E-state index in [1.165, 1.54) is 12.4 Å². The van der Waals surface area contributed by atoms with Crippen LogP contribution < -0.4 is 5.73 Å². The number of rotatable bonds is 4. The lowest BCUT2D eigenvalue weighted by molar-refractivity contribution is -0.125. The third-order valence-corrected chi connectivity index (χ3v) is 5.07. The summed E-state index contributed by atoms with van der Waals surface area (Å²) in [6.07, 6.45) is 3.51. The van der Waals surface area contributed by atoms with Crippen molar-refractivity contribution in [3.8, 4) is 0 Å². The molecule has 1 amide bonds. The van der Waals surface area contributed by atoms with Crippen LogP contribution in [0.5, 0.6) is 0 Å². The molecule has 1 aliphatic heterocycles. The lowest BCUT2D eigenvalue weighted by atomic mass is 9.99. The average Bonchev–Trinajstić information content (AvgIpc) is 3.14. The fraction of sp³-hybridized carbons (Fsp3) is 0.400. The highest BCUT2D eigenvalue weighted by Crippen LogP contribution is 2.35. The van der Waals surface area contributed by atoms with Gasteiger partial charge in [-0.05, 0) is 41.2 Å². The van der Waals surface area contributed by atoms with E-state index >= 15 is 0 Å². The molecule has 1 aliphatic rings. The Kier molecular flexibility index (Phi) is 4.53. The second-order valence-corrected chi connectivity index (χ2v) is 6.68. The van der Waals surface area contributed by atoms with E-state index in [9.17, 15) is 4.79 Å². The zero-order valence-electron chi connectivity index (χ0n) is 12.8. The van der Waals surface area contributed by atoms with E-state index in [2.05, 4.69) is 39.3 Å². The van der Waals surface area contributed by atoms with Crippen LogP contribution in [0.25, 0.3) is 5.52 Å². The molecule has 0 spiro atoms. The van der Waals surface area contributed by atoms with Crippen molar-refractivity contribution in [2.24, 2.45) is 5.92 Å². The number of halogens is 1. The average molecular weight is 427 g/mol. The number of ether oxygens (including phenoxy) is 1. The summed E-state index contributed by atoms with van der Waals surface area (Å²) in [4.78, 5) is 17.6. The molecular weight excluding hydrogens is 409 g/mol. The first-order chi connectivity index (χ1) is 11.1. The number of hydrogen-bond donors (Lipinski definition) is 1. The highest BCUT2D eigenvalue weighted by Gasteiger charge is 2.34. The first-order valence-corrected chi connectivity index (χ1v) is 8.36. The molecule has 0 radical (unpaired) electrons. The Morgan fingerprint density at radius 2 is 2.43 bits per heavy atom. The van der Waals surface area contributed by atoms with E-state index in [-0.39, 0.29) is 17.9 Å². The van der Waals surface area contributed by atoms with Crippen molar-refractivity contribution < 1.29 is 9.53 Å². The molecule has 2 aromatic rings. The summed E-state index contributed by atoms with van der Waals surface area (Å²) < 4.78 is 8.52. The maximum absolute atomic E-state index is 11.8. The van der Waals surface area contributed by atoms with Gasteiger partial charge in [-0.3, -0.25) is 4.79 Å². The largest absolute Gasteiger partial charge is 0.382 e. The highest BCUT2D eigenvalue weighted by molar-refractivity contribution is 14.1. The number of nitrogens with two attached hydrogens (primary N) is 1. The Hall–Kier alpha value is -1.68. The summed E-state index contributed by atoms with van der Waals surface area (Å²) >= 11 is 2.22. The molecule has 3 heterocycles. The van der Waals surface area contributed by atoms with Gasteiger partial charge >= 0.3 is 0 Å². The summed E-state index contributed by atoms with van der Waals surface area (Å²) in [6, 6.07) is 2.02. The Balaban J connectivity index is 1.95. The molecule has 0 aliphatic carbocycles. The number of nitrogen functional groups attached to an aromatic ring is 1. The number of methoxy groups -OCH3 is 1. The van der Waals surface area contributed by atoms with Crippen molar-refractivity contribution >= 4 is 39.8 Å². The minimum Gasteiger partial charge on any atom is -0.382 e. The number of carbonyl (C=O) groups is 1. The number of likely N-dealkylation sites (tertiary alicyclic amines) is 1. The van der Waals surface area contributed by atoms with Crippen molar-refractivity contribution in [3.63, 3.8) is 0 Å². The van der Waals surface area contributed by atoms with Gasteiger partial charge in [0.1, 0.15) is 17.9 Å². The molecule has 23 heavy (non-hydrogen) atoms. The predicted molar refractivity (Wildman–Crippen MR) is 94.8 cm³/mol. The molecule has 1 fully saturated rings. The van der Waals surface area contributed by atoms with Crippen LogP contribution in [0.4, 0.5) is 5.82 Å². The van der Waals surface area contributed by atoms with Gasteiger partial charge in [-0.25, -0.2) is 9.50 Å². The van der Waals surface area contributed by atoms with Crippen molar-refractivity contribution in [1.29, 1.82) is 0 Å². The number of carbonyl (C=O) groups excluding carboxylic acids is 1. The van der Waals surface area contributed by atoms with Gasteiger partial charge in [0.25, 0.3) is 0 Å². The number of fused-ring (bicyclic) bond motifs is 1. The van der Waals surface area contributed by atoms with Gasteiger partial charge in [-0.1, -0.05) is 6.58 Å². The van der Waals surface area contributed by atoms with Gasteiger partial charge < -0.3 is 15.4 Å². The summed E-state index contributed by atoms with van der Waals surface area (Å²) in [5.74, 6) is 0.609. The van der Waals surface area contributed by atoms with Crippen LogP contribution in [-0.2, 0) is 9.53 Å². The number of nitrogens with zero attached hydrogens (tertiary/aromatic N) is 4. The van der Waals surface area contributed by atoms with Crippen molar-refractivity contribution in [3.05, 3.63) is 34.3 Å². The first-order valence-electron chi connectivity index (χ1n) is 7.28. The monoisotopic (exact) mass is 427 g/mol. The van der Waals surface area contributed by atoms with E-state index in [1.807, 2.05) is 6.07 Å². The quantitative estimate of drug-likeness (QED) is 0.593. The number of aromatic nitrogens is 3. The van der Waals surface area contributed by atoms with Crippen LogP contribution in [0.3, 0.4) is 0 Å². The van der Waals surface area contributed by atoms with Crippen LogP contribution in [0.15, 0.2) is 25.0 Å². The van der Waals surface area contributed by atoms with E-state index in [1.54, 1.807) is 16.5 Å². The topological polar surface area (TPSA) is 85.8 Å². The van der Waals surface area contributed by atoms with Gasteiger partial charge in [-0.2, -0.15) is 5.10 Å². The van der Waals surface area contributed by atoms with E-state index in [0.717, 1.165) is 21.2 Å². The van der Waals surface area contributed by atoms with Gasteiger partial charge in [0.05, 0.1) is 5.69 Å². The second-order valence-electron chi connectivity index (χ2n) is 5.52. The van der Waals surface area contributed by atoms with Gasteiger partial charge in [0.15, 0.2) is 5.82 Å². The van der Waals surface area contributed by atoms with E-state index < -0.39 is 0 Å². The molecule has 0 saturated carbocycles. The molecule has 122 valence electrons. The van der Waals surface area contributed by atoms with E-state index in [0.29, 0.717) is 18.9 Å². The van der Waals surface area contributed by atoms with Crippen molar-refractivity contribution in [2.45, 2.75) is 12.5 Å². The summed E-state index contributed by atoms with van der Waals surface area (Å²) in [7, 11) is 1.68. The molecule has 8 heteroatoms. The Morgan fingerprint density at radius 1 is 1.65 bits per heavy atom. The fourth-order valence-corrected chi connectivity index (χ4v) is 3.99. The lowest BCUT2D eigenvalue weighted by Gasteiger charge is -2.22. The zero-order chi connectivity index (χ0) is 16.6. The van der Waals surface area contributed by atoms with Gasteiger partial charge in [0, 0.05) is 29.7 Å².